The molecule has 1 heterocycles. The summed E-state index contributed by atoms with van der Waals surface area (Å²) in [5.74, 6) is 0.457. The van der Waals surface area contributed by atoms with Crippen LogP contribution in [0.15, 0.2) is 36.6 Å². The summed E-state index contributed by atoms with van der Waals surface area (Å²) in [6.45, 7) is 2.42. The third-order valence-electron chi connectivity index (χ3n) is 3.28. The van der Waals surface area contributed by atoms with E-state index in [9.17, 15) is 9.90 Å². The van der Waals surface area contributed by atoms with Gasteiger partial charge in [-0.3, -0.25) is 9.78 Å². The van der Waals surface area contributed by atoms with Gasteiger partial charge in [-0.05, 0) is 36.8 Å². The van der Waals surface area contributed by atoms with Gasteiger partial charge in [0.1, 0.15) is 5.75 Å². The van der Waals surface area contributed by atoms with E-state index < -0.39 is 0 Å². The molecule has 1 aromatic carbocycles. The molecule has 122 valence electrons. The number of nitrogens with zero attached hydrogens (tertiary/aromatic N) is 1. The van der Waals surface area contributed by atoms with Crippen LogP contribution in [0.2, 0.25) is 0 Å². The highest BCUT2D eigenvalue weighted by molar-refractivity contribution is 5.87. The number of aromatic nitrogens is 1. The Morgan fingerprint density at radius 1 is 1.39 bits per heavy atom. The molecule has 0 unspecified atom stereocenters. The number of aliphatic hydroxyl groups is 1. The Balaban J connectivity index is 2.19. The molecular formula is C17H20N2O4. The second-order valence-electron chi connectivity index (χ2n) is 4.79. The number of pyridine rings is 1. The van der Waals surface area contributed by atoms with E-state index in [4.69, 9.17) is 9.47 Å². The third-order valence-corrected chi connectivity index (χ3v) is 3.28. The molecule has 2 N–H and O–H groups in total. The maximum absolute atomic E-state index is 11.7. The minimum absolute atomic E-state index is 0.193. The zero-order valence-electron chi connectivity index (χ0n) is 13.2. The summed E-state index contributed by atoms with van der Waals surface area (Å²) >= 11 is 0. The monoisotopic (exact) mass is 316 g/mol. The van der Waals surface area contributed by atoms with Gasteiger partial charge in [0.15, 0.2) is 0 Å². The van der Waals surface area contributed by atoms with E-state index in [-0.39, 0.29) is 19.1 Å². The highest BCUT2D eigenvalue weighted by Crippen LogP contribution is 2.22. The van der Waals surface area contributed by atoms with Crippen molar-refractivity contribution >= 4 is 16.8 Å². The van der Waals surface area contributed by atoms with Gasteiger partial charge in [0, 0.05) is 18.0 Å². The fourth-order valence-electron chi connectivity index (χ4n) is 2.10. The summed E-state index contributed by atoms with van der Waals surface area (Å²) < 4.78 is 10.2. The molecule has 0 spiro atoms. The number of ether oxygens (including phenoxy) is 2. The maximum atomic E-state index is 11.7. The van der Waals surface area contributed by atoms with Crippen LogP contribution >= 0.6 is 0 Å². The van der Waals surface area contributed by atoms with Gasteiger partial charge in [-0.15, -0.1) is 0 Å². The predicted molar refractivity (Wildman–Crippen MR) is 86.8 cm³/mol. The van der Waals surface area contributed by atoms with Gasteiger partial charge < -0.3 is 19.9 Å². The highest BCUT2D eigenvalue weighted by Gasteiger charge is 2.08. The zero-order chi connectivity index (χ0) is 16.7. The van der Waals surface area contributed by atoms with E-state index >= 15 is 0 Å². The van der Waals surface area contributed by atoms with Crippen LogP contribution in [0, 0.1) is 0 Å². The molecule has 23 heavy (non-hydrogen) atoms. The molecule has 2 aromatic rings. The number of aliphatic hydroxyl groups excluding tert-OH is 1. The normalized spacial score (nSPS) is 10.9. The first-order chi connectivity index (χ1) is 11.2. The van der Waals surface area contributed by atoms with Gasteiger partial charge in [0.05, 0.1) is 37.8 Å². The quantitative estimate of drug-likeness (QED) is 0.602. The summed E-state index contributed by atoms with van der Waals surface area (Å²) in [7, 11) is 1.60. The highest BCUT2D eigenvalue weighted by atomic mass is 16.5. The summed E-state index contributed by atoms with van der Waals surface area (Å²) in [6, 6.07) is 7.41. The Hall–Kier alpha value is -2.60. The fraction of sp³-hybridized carbons (Fsp3) is 0.294. The van der Waals surface area contributed by atoms with E-state index in [1.54, 1.807) is 7.11 Å². The zero-order valence-corrected chi connectivity index (χ0v) is 13.2. The van der Waals surface area contributed by atoms with Gasteiger partial charge in [0.2, 0.25) is 5.91 Å². The van der Waals surface area contributed by atoms with E-state index in [2.05, 4.69) is 10.3 Å². The van der Waals surface area contributed by atoms with Gasteiger partial charge >= 0.3 is 0 Å². The van der Waals surface area contributed by atoms with Crippen LogP contribution in [0.3, 0.4) is 0 Å². The molecule has 0 fully saturated rings. The number of fused-ring (bicyclic) bond motifs is 1. The number of nitrogens with one attached hydrogen (secondary N) is 1. The minimum atomic E-state index is -0.270. The number of benzene rings is 1. The minimum Gasteiger partial charge on any atom is -0.501 e. The molecule has 0 saturated heterocycles. The summed E-state index contributed by atoms with van der Waals surface area (Å²) in [6.07, 6.45) is 2.67. The maximum Gasteiger partial charge on any atom is 0.247 e. The van der Waals surface area contributed by atoms with Gasteiger partial charge in [-0.1, -0.05) is 0 Å². The topological polar surface area (TPSA) is 80.7 Å². The van der Waals surface area contributed by atoms with Gasteiger partial charge in [-0.25, -0.2) is 0 Å². The lowest BCUT2D eigenvalue weighted by Gasteiger charge is -2.10. The number of carbonyl (C=O) groups excluding carboxylic acids is 1. The SMILES string of the molecule is CCO/C=C/C(=O)NCc1cc2cc(OC)ccc2nc1CO. The third kappa shape index (κ3) is 4.43. The average molecular weight is 316 g/mol. The number of amides is 1. The Bertz CT molecular complexity index is 713. The Morgan fingerprint density at radius 3 is 2.91 bits per heavy atom. The smallest absolute Gasteiger partial charge is 0.247 e. The summed E-state index contributed by atoms with van der Waals surface area (Å²) in [5.41, 5.74) is 2.06. The van der Waals surface area contributed by atoms with Crippen LogP contribution in [-0.2, 0) is 22.7 Å². The summed E-state index contributed by atoms with van der Waals surface area (Å²) in [5, 5.41) is 13.1. The molecule has 6 nitrogen and oxygen atoms in total. The second-order valence-corrected chi connectivity index (χ2v) is 4.79. The van der Waals surface area contributed by atoms with Crippen molar-refractivity contribution in [1.29, 1.82) is 0 Å². The number of carbonyl (C=O) groups is 1. The number of rotatable bonds is 7. The Morgan fingerprint density at radius 2 is 2.22 bits per heavy atom. The average Bonchev–Trinajstić information content (AvgIpc) is 2.58. The van der Waals surface area contributed by atoms with Crippen molar-refractivity contribution in [3.63, 3.8) is 0 Å². The van der Waals surface area contributed by atoms with E-state index in [1.807, 2.05) is 31.2 Å². The van der Waals surface area contributed by atoms with Crippen LogP contribution in [0.25, 0.3) is 10.9 Å². The van der Waals surface area contributed by atoms with Crippen molar-refractivity contribution in [1.82, 2.24) is 10.3 Å². The van der Waals surface area contributed by atoms with Crippen LogP contribution in [-0.4, -0.2) is 29.7 Å². The predicted octanol–water partition coefficient (Wildman–Crippen LogP) is 1.90. The van der Waals surface area contributed by atoms with Crippen molar-refractivity contribution in [3.05, 3.63) is 47.9 Å². The van der Waals surface area contributed by atoms with E-state index in [0.29, 0.717) is 12.3 Å². The van der Waals surface area contributed by atoms with Crippen LogP contribution in [0.1, 0.15) is 18.2 Å². The van der Waals surface area contributed by atoms with Gasteiger partial charge in [-0.2, -0.15) is 0 Å². The number of hydrogen-bond donors (Lipinski definition) is 2. The number of methoxy groups -OCH3 is 1. The molecule has 2 rings (SSSR count). The molecule has 6 heteroatoms. The van der Waals surface area contributed by atoms with Crippen molar-refractivity contribution in [3.8, 4) is 5.75 Å². The Kier molecular flexibility index (Phi) is 5.94. The first-order valence-corrected chi connectivity index (χ1v) is 7.31. The molecule has 0 saturated carbocycles. The Labute approximate surface area is 134 Å². The standard InChI is InChI=1S/C17H20N2O4/c1-3-23-7-6-17(21)18-10-13-8-12-9-14(22-2)4-5-15(12)19-16(13)11-20/h4-9,20H,3,10-11H2,1-2H3,(H,18,21)/b7-6+. The van der Waals surface area contributed by atoms with E-state index in [0.717, 1.165) is 22.2 Å². The van der Waals surface area contributed by atoms with Crippen molar-refractivity contribution in [2.24, 2.45) is 0 Å². The molecule has 1 amide bonds. The van der Waals surface area contributed by atoms with Crippen LogP contribution in [0.4, 0.5) is 0 Å². The lowest BCUT2D eigenvalue weighted by atomic mass is 10.1. The lowest BCUT2D eigenvalue weighted by Crippen LogP contribution is -2.21. The second kappa shape index (κ2) is 8.14. The first kappa shape index (κ1) is 16.8. The molecule has 1 aromatic heterocycles. The molecule has 0 bridgehead atoms. The largest absolute Gasteiger partial charge is 0.501 e. The molecule has 0 aliphatic rings. The molecule has 0 radical (unpaired) electrons. The van der Waals surface area contributed by atoms with Crippen molar-refractivity contribution < 1.29 is 19.4 Å². The lowest BCUT2D eigenvalue weighted by molar-refractivity contribution is -0.116. The van der Waals surface area contributed by atoms with Crippen LogP contribution < -0.4 is 10.1 Å². The fourth-order valence-corrected chi connectivity index (χ4v) is 2.10. The molecular weight excluding hydrogens is 296 g/mol. The van der Waals surface area contributed by atoms with Crippen LogP contribution in [0.5, 0.6) is 5.75 Å². The first-order valence-electron chi connectivity index (χ1n) is 7.31. The molecule has 0 aliphatic heterocycles. The number of hydrogen-bond acceptors (Lipinski definition) is 5. The summed E-state index contributed by atoms with van der Waals surface area (Å²) in [4.78, 5) is 16.1. The van der Waals surface area contributed by atoms with E-state index in [1.165, 1.54) is 12.3 Å². The molecule has 0 atom stereocenters. The van der Waals surface area contributed by atoms with Crippen molar-refractivity contribution in [2.45, 2.75) is 20.1 Å². The molecule has 0 aliphatic carbocycles. The van der Waals surface area contributed by atoms with Crippen molar-refractivity contribution in [2.75, 3.05) is 13.7 Å². The van der Waals surface area contributed by atoms with Gasteiger partial charge in [0.25, 0.3) is 0 Å².